The topological polar surface area (TPSA) is 75.6 Å². The lowest BCUT2D eigenvalue weighted by Gasteiger charge is -2.07. The standard InChI is InChI=1S/C13H17NO4S/c1-19-6-5-12(15)14-8-10-3-2-4-11(7-10)18-9-13(16)17/h2-4,7H,5-6,8-9H2,1H3,(H,14,15)(H,16,17). The molecule has 0 aliphatic rings. The molecule has 0 aliphatic heterocycles. The van der Waals surface area contributed by atoms with Gasteiger partial charge in [-0.2, -0.15) is 11.8 Å². The van der Waals surface area contributed by atoms with Crippen LogP contribution in [0.15, 0.2) is 24.3 Å². The first kappa shape index (κ1) is 15.4. The van der Waals surface area contributed by atoms with Gasteiger partial charge in [-0.1, -0.05) is 12.1 Å². The molecule has 0 aliphatic carbocycles. The van der Waals surface area contributed by atoms with Gasteiger partial charge in [0.2, 0.25) is 5.91 Å². The number of carbonyl (C=O) groups is 2. The molecule has 0 saturated heterocycles. The van der Waals surface area contributed by atoms with E-state index in [1.807, 2.05) is 12.3 Å². The molecule has 5 nitrogen and oxygen atoms in total. The number of amides is 1. The molecule has 6 heteroatoms. The molecule has 104 valence electrons. The molecule has 2 N–H and O–H groups in total. The number of carboxylic acids is 1. The van der Waals surface area contributed by atoms with E-state index in [-0.39, 0.29) is 12.5 Å². The van der Waals surface area contributed by atoms with E-state index in [4.69, 9.17) is 9.84 Å². The minimum absolute atomic E-state index is 0.00575. The van der Waals surface area contributed by atoms with Crippen LogP contribution < -0.4 is 10.1 Å². The van der Waals surface area contributed by atoms with Gasteiger partial charge in [-0.05, 0) is 24.0 Å². The van der Waals surface area contributed by atoms with Gasteiger partial charge in [0.1, 0.15) is 5.75 Å². The molecule has 0 atom stereocenters. The normalized spacial score (nSPS) is 9.95. The summed E-state index contributed by atoms with van der Waals surface area (Å²) in [6.45, 7) is 0.0427. The summed E-state index contributed by atoms with van der Waals surface area (Å²) in [7, 11) is 0. The number of carbonyl (C=O) groups excluding carboxylic acids is 1. The van der Waals surface area contributed by atoms with Crippen LogP contribution >= 0.6 is 11.8 Å². The average molecular weight is 283 g/mol. The third-order valence-corrected chi connectivity index (χ3v) is 2.90. The fourth-order valence-electron chi connectivity index (χ4n) is 1.37. The molecule has 0 aromatic heterocycles. The zero-order chi connectivity index (χ0) is 14.1. The van der Waals surface area contributed by atoms with Gasteiger partial charge in [-0.3, -0.25) is 4.79 Å². The van der Waals surface area contributed by atoms with Crippen LogP contribution in [0.1, 0.15) is 12.0 Å². The van der Waals surface area contributed by atoms with Gasteiger partial charge in [0.25, 0.3) is 0 Å². The first-order valence-electron chi connectivity index (χ1n) is 5.81. The summed E-state index contributed by atoms with van der Waals surface area (Å²) in [6.07, 6.45) is 2.45. The second-order valence-electron chi connectivity index (χ2n) is 3.85. The predicted molar refractivity (Wildman–Crippen MR) is 74.4 cm³/mol. The summed E-state index contributed by atoms with van der Waals surface area (Å²) in [6, 6.07) is 7.02. The summed E-state index contributed by atoms with van der Waals surface area (Å²) in [5.74, 6) is 0.272. The Balaban J connectivity index is 2.43. The molecule has 0 saturated carbocycles. The average Bonchev–Trinajstić information content (AvgIpc) is 2.41. The van der Waals surface area contributed by atoms with Crippen molar-refractivity contribution in [1.82, 2.24) is 5.32 Å². The van der Waals surface area contributed by atoms with E-state index >= 15 is 0 Å². The van der Waals surface area contributed by atoms with Crippen LogP contribution in [0.2, 0.25) is 0 Å². The molecule has 1 amide bonds. The fraction of sp³-hybridized carbons (Fsp3) is 0.385. The molecular weight excluding hydrogens is 266 g/mol. The Labute approximate surface area is 116 Å². The zero-order valence-electron chi connectivity index (χ0n) is 10.7. The van der Waals surface area contributed by atoms with Gasteiger partial charge in [0, 0.05) is 18.7 Å². The molecule has 0 heterocycles. The SMILES string of the molecule is CSCCC(=O)NCc1cccc(OCC(=O)O)c1. The molecule has 1 rings (SSSR count). The first-order chi connectivity index (χ1) is 9.11. The third kappa shape index (κ3) is 6.71. The Morgan fingerprint density at radius 1 is 1.42 bits per heavy atom. The molecule has 0 unspecified atom stereocenters. The Morgan fingerprint density at radius 2 is 2.21 bits per heavy atom. The highest BCUT2D eigenvalue weighted by Crippen LogP contribution is 2.13. The fourth-order valence-corrected chi connectivity index (χ4v) is 1.76. The number of ether oxygens (including phenoxy) is 1. The van der Waals surface area contributed by atoms with E-state index in [0.29, 0.717) is 18.7 Å². The van der Waals surface area contributed by atoms with Crippen molar-refractivity contribution >= 4 is 23.6 Å². The highest BCUT2D eigenvalue weighted by Gasteiger charge is 2.03. The summed E-state index contributed by atoms with van der Waals surface area (Å²) >= 11 is 1.63. The Kier molecular flexibility index (Phi) is 6.81. The number of rotatable bonds is 8. The van der Waals surface area contributed by atoms with Crippen LogP contribution in [-0.2, 0) is 16.1 Å². The van der Waals surface area contributed by atoms with Crippen molar-refractivity contribution in [3.8, 4) is 5.75 Å². The lowest BCUT2D eigenvalue weighted by molar-refractivity contribution is -0.139. The number of carboxylic acid groups (broad SMARTS) is 1. The maximum absolute atomic E-state index is 11.4. The maximum Gasteiger partial charge on any atom is 0.341 e. The number of hydrogen-bond acceptors (Lipinski definition) is 4. The molecule has 0 bridgehead atoms. The molecule has 1 aromatic rings. The molecule has 0 fully saturated rings. The van der Waals surface area contributed by atoms with Crippen molar-refractivity contribution < 1.29 is 19.4 Å². The predicted octanol–water partition coefficient (Wildman–Crippen LogP) is 1.52. The van der Waals surface area contributed by atoms with Crippen molar-refractivity contribution in [3.05, 3.63) is 29.8 Å². The van der Waals surface area contributed by atoms with Gasteiger partial charge in [0.15, 0.2) is 6.61 Å². The van der Waals surface area contributed by atoms with Gasteiger partial charge in [0.05, 0.1) is 0 Å². The first-order valence-corrected chi connectivity index (χ1v) is 7.20. The number of aliphatic carboxylic acids is 1. The molecule has 1 aromatic carbocycles. The minimum Gasteiger partial charge on any atom is -0.482 e. The van der Waals surface area contributed by atoms with Gasteiger partial charge >= 0.3 is 5.97 Å². The lowest BCUT2D eigenvalue weighted by Crippen LogP contribution is -2.23. The van der Waals surface area contributed by atoms with Crippen LogP contribution in [0, 0.1) is 0 Å². The van der Waals surface area contributed by atoms with Crippen LogP contribution in [0.25, 0.3) is 0 Å². The Bertz CT molecular complexity index is 436. The van der Waals surface area contributed by atoms with Gasteiger partial charge in [-0.15, -0.1) is 0 Å². The summed E-state index contributed by atoms with van der Waals surface area (Å²) in [5.41, 5.74) is 0.875. The van der Waals surface area contributed by atoms with Crippen LogP contribution in [0.5, 0.6) is 5.75 Å². The van der Waals surface area contributed by atoms with Crippen molar-refractivity contribution in [2.24, 2.45) is 0 Å². The zero-order valence-corrected chi connectivity index (χ0v) is 11.5. The highest BCUT2D eigenvalue weighted by molar-refractivity contribution is 7.98. The Hall–Kier alpha value is -1.69. The Morgan fingerprint density at radius 3 is 2.89 bits per heavy atom. The van der Waals surface area contributed by atoms with E-state index in [1.54, 1.807) is 30.0 Å². The van der Waals surface area contributed by atoms with E-state index in [1.165, 1.54) is 0 Å². The molecular formula is C13H17NO4S. The molecule has 19 heavy (non-hydrogen) atoms. The van der Waals surface area contributed by atoms with Crippen molar-refractivity contribution in [2.75, 3.05) is 18.6 Å². The number of nitrogens with one attached hydrogen (secondary N) is 1. The monoisotopic (exact) mass is 283 g/mol. The summed E-state index contributed by atoms with van der Waals surface area (Å²) < 4.78 is 5.06. The smallest absolute Gasteiger partial charge is 0.341 e. The van der Waals surface area contributed by atoms with E-state index in [9.17, 15) is 9.59 Å². The molecule has 0 spiro atoms. The lowest BCUT2D eigenvalue weighted by atomic mass is 10.2. The van der Waals surface area contributed by atoms with Crippen LogP contribution in [-0.4, -0.2) is 35.6 Å². The minimum atomic E-state index is -1.02. The van der Waals surface area contributed by atoms with Crippen molar-refractivity contribution in [3.63, 3.8) is 0 Å². The van der Waals surface area contributed by atoms with E-state index < -0.39 is 5.97 Å². The summed E-state index contributed by atoms with van der Waals surface area (Å²) in [5, 5.41) is 11.3. The second-order valence-corrected chi connectivity index (χ2v) is 4.83. The summed E-state index contributed by atoms with van der Waals surface area (Å²) in [4.78, 5) is 21.8. The van der Waals surface area contributed by atoms with Gasteiger partial charge < -0.3 is 15.2 Å². The van der Waals surface area contributed by atoms with E-state index in [2.05, 4.69) is 5.32 Å². The van der Waals surface area contributed by atoms with Crippen LogP contribution in [0.3, 0.4) is 0 Å². The van der Waals surface area contributed by atoms with Crippen molar-refractivity contribution in [2.45, 2.75) is 13.0 Å². The number of thioether (sulfide) groups is 1. The second kappa shape index (κ2) is 8.42. The maximum atomic E-state index is 11.4. The quantitative estimate of drug-likeness (QED) is 0.756. The highest BCUT2D eigenvalue weighted by atomic mass is 32.2. The third-order valence-electron chi connectivity index (χ3n) is 2.28. The van der Waals surface area contributed by atoms with Crippen LogP contribution in [0.4, 0.5) is 0 Å². The van der Waals surface area contributed by atoms with Crippen molar-refractivity contribution in [1.29, 1.82) is 0 Å². The van der Waals surface area contributed by atoms with E-state index in [0.717, 1.165) is 11.3 Å². The molecule has 0 radical (unpaired) electrons. The van der Waals surface area contributed by atoms with Gasteiger partial charge in [-0.25, -0.2) is 4.79 Å². The largest absolute Gasteiger partial charge is 0.482 e. The number of hydrogen-bond donors (Lipinski definition) is 2. The number of benzene rings is 1.